The molecule has 1 aromatic rings. The highest BCUT2D eigenvalue weighted by molar-refractivity contribution is 6.01. The van der Waals surface area contributed by atoms with Gasteiger partial charge in [-0.05, 0) is 12.1 Å². The maximum absolute atomic E-state index is 12.2. The Labute approximate surface area is 133 Å². The number of terminal acetylenes is 1. The number of aromatic carboxylic acids is 1. The summed E-state index contributed by atoms with van der Waals surface area (Å²) in [5.41, 5.74) is -0.347. The van der Waals surface area contributed by atoms with Crippen LogP contribution < -0.4 is 10.1 Å². The number of carboxylic acid groups (broad SMARTS) is 1. The minimum absolute atomic E-state index is 0.0420. The molecule has 0 aromatic heterocycles. The third-order valence-electron chi connectivity index (χ3n) is 3.56. The number of ether oxygens (including phenoxy) is 1. The summed E-state index contributed by atoms with van der Waals surface area (Å²) in [5, 5.41) is 19.8. The standard InChI is InChI=1S/C16H17N3O4/c1-3-4-8-16(18-19-16)9-10-17-14(20)11-6-5-7-12(15(21)22)13(11)23-2/h1,5-7H,4,8-10H2,2H3,(H,17,20)(H,21,22). The Bertz CT molecular complexity index is 685. The van der Waals surface area contributed by atoms with Crippen LogP contribution in [0.2, 0.25) is 0 Å². The van der Waals surface area contributed by atoms with Gasteiger partial charge in [-0.25, -0.2) is 4.79 Å². The highest BCUT2D eigenvalue weighted by Gasteiger charge is 2.38. The number of methoxy groups -OCH3 is 1. The first-order chi connectivity index (χ1) is 11.0. The van der Waals surface area contributed by atoms with Crippen molar-refractivity contribution in [3.05, 3.63) is 29.3 Å². The zero-order valence-electron chi connectivity index (χ0n) is 12.7. The van der Waals surface area contributed by atoms with E-state index in [1.165, 1.54) is 25.3 Å². The SMILES string of the molecule is C#CCCC1(CCNC(=O)c2cccc(C(=O)O)c2OC)N=N1. The number of carboxylic acids is 1. The molecule has 1 aromatic carbocycles. The Kier molecular flexibility index (Phi) is 4.96. The number of para-hydroxylation sites is 1. The summed E-state index contributed by atoms with van der Waals surface area (Å²) in [6.45, 7) is 0.358. The van der Waals surface area contributed by atoms with E-state index in [-0.39, 0.29) is 16.9 Å². The van der Waals surface area contributed by atoms with Crippen LogP contribution in [0.15, 0.2) is 28.4 Å². The van der Waals surface area contributed by atoms with Gasteiger partial charge in [-0.1, -0.05) is 6.07 Å². The Balaban J connectivity index is 1.98. The summed E-state index contributed by atoms with van der Waals surface area (Å²) >= 11 is 0. The van der Waals surface area contributed by atoms with E-state index >= 15 is 0 Å². The molecule has 1 amide bonds. The van der Waals surface area contributed by atoms with Crippen molar-refractivity contribution in [3.8, 4) is 18.1 Å². The van der Waals surface area contributed by atoms with Gasteiger partial charge < -0.3 is 15.2 Å². The van der Waals surface area contributed by atoms with E-state index in [9.17, 15) is 9.59 Å². The molecule has 0 spiro atoms. The predicted molar refractivity (Wildman–Crippen MR) is 82.6 cm³/mol. The molecule has 0 saturated carbocycles. The van der Waals surface area contributed by atoms with E-state index in [1.807, 2.05) is 0 Å². The molecule has 0 unspecified atom stereocenters. The second-order valence-corrected chi connectivity index (χ2v) is 5.08. The van der Waals surface area contributed by atoms with E-state index in [1.54, 1.807) is 0 Å². The Morgan fingerprint density at radius 1 is 1.35 bits per heavy atom. The third kappa shape index (κ3) is 3.86. The maximum Gasteiger partial charge on any atom is 0.339 e. The molecule has 0 aliphatic carbocycles. The van der Waals surface area contributed by atoms with Gasteiger partial charge in [0.25, 0.3) is 5.91 Å². The fourth-order valence-corrected chi connectivity index (χ4v) is 2.24. The van der Waals surface area contributed by atoms with Crippen LogP contribution in [0.4, 0.5) is 0 Å². The zero-order valence-corrected chi connectivity index (χ0v) is 12.7. The van der Waals surface area contributed by atoms with Crippen molar-refractivity contribution < 1.29 is 19.4 Å². The van der Waals surface area contributed by atoms with Crippen LogP contribution in [-0.4, -0.2) is 36.3 Å². The van der Waals surface area contributed by atoms with Gasteiger partial charge in [0.05, 0.1) is 12.7 Å². The largest absolute Gasteiger partial charge is 0.495 e. The van der Waals surface area contributed by atoms with Crippen molar-refractivity contribution in [1.82, 2.24) is 5.32 Å². The molecule has 0 bridgehead atoms. The summed E-state index contributed by atoms with van der Waals surface area (Å²) in [6, 6.07) is 4.40. The second kappa shape index (κ2) is 6.92. The second-order valence-electron chi connectivity index (χ2n) is 5.08. The first kappa shape index (κ1) is 16.5. The number of nitrogens with one attached hydrogen (secondary N) is 1. The average Bonchev–Trinajstić information content (AvgIpc) is 3.32. The summed E-state index contributed by atoms with van der Waals surface area (Å²) in [4.78, 5) is 23.4. The predicted octanol–water partition coefficient (Wildman–Crippen LogP) is 2.09. The van der Waals surface area contributed by atoms with Crippen LogP contribution in [-0.2, 0) is 0 Å². The third-order valence-corrected chi connectivity index (χ3v) is 3.56. The fraction of sp³-hybridized carbons (Fsp3) is 0.375. The van der Waals surface area contributed by atoms with Crippen molar-refractivity contribution >= 4 is 11.9 Å². The lowest BCUT2D eigenvalue weighted by atomic mass is 10.0. The molecular weight excluding hydrogens is 298 g/mol. The average molecular weight is 315 g/mol. The van der Waals surface area contributed by atoms with Crippen molar-refractivity contribution in [2.45, 2.75) is 24.9 Å². The van der Waals surface area contributed by atoms with E-state index in [4.69, 9.17) is 16.3 Å². The van der Waals surface area contributed by atoms with Crippen LogP contribution >= 0.6 is 0 Å². The smallest absolute Gasteiger partial charge is 0.339 e. The van der Waals surface area contributed by atoms with Crippen LogP contribution in [0, 0.1) is 12.3 Å². The van der Waals surface area contributed by atoms with Crippen LogP contribution in [0.1, 0.15) is 40.0 Å². The Morgan fingerprint density at radius 3 is 2.61 bits per heavy atom. The number of rotatable bonds is 8. The molecule has 1 aliphatic heterocycles. The van der Waals surface area contributed by atoms with Crippen LogP contribution in [0.3, 0.4) is 0 Å². The molecule has 1 heterocycles. The van der Waals surface area contributed by atoms with Gasteiger partial charge >= 0.3 is 5.97 Å². The van der Waals surface area contributed by atoms with Crippen molar-refractivity contribution in [1.29, 1.82) is 0 Å². The number of carbonyl (C=O) groups excluding carboxylic acids is 1. The van der Waals surface area contributed by atoms with Gasteiger partial charge in [-0.3, -0.25) is 4.79 Å². The van der Waals surface area contributed by atoms with Gasteiger partial charge in [0.1, 0.15) is 11.3 Å². The molecular formula is C16H17N3O4. The van der Waals surface area contributed by atoms with Crippen molar-refractivity contribution in [2.75, 3.05) is 13.7 Å². The fourth-order valence-electron chi connectivity index (χ4n) is 2.24. The molecule has 0 fully saturated rings. The van der Waals surface area contributed by atoms with Gasteiger partial charge in [-0.15, -0.1) is 12.3 Å². The number of benzene rings is 1. The molecule has 0 atom stereocenters. The number of hydrogen-bond donors (Lipinski definition) is 2. The highest BCUT2D eigenvalue weighted by atomic mass is 16.5. The maximum atomic E-state index is 12.2. The summed E-state index contributed by atoms with van der Waals surface area (Å²) in [5.74, 6) is 1.03. The van der Waals surface area contributed by atoms with Crippen molar-refractivity contribution in [3.63, 3.8) is 0 Å². The van der Waals surface area contributed by atoms with E-state index in [2.05, 4.69) is 21.5 Å². The number of amides is 1. The lowest BCUT2D eigenvalue weighted by Gasteiger charge is -2.13. The Morgan fingerprint density at radius 2 is 2.04 bits per heavy atom. The molecule has 2 N–H and O–H groups in total. The molecule has 120 valence electrons. The molecule has 7 nitrogen and oxygen atoms in total. The molecule has 0 saturated heterocycles. The van der Waals surface area contributed by atoms with Crippen LogP contribution in [0.5, 0.6) is 5.75 Å². The highest BCUT2D eigenvalue weighted by Crippen LogP contribution is 2.36. The Hall–Kier alpha value is -2.88. The molecule has 0 radical (unpaired) electrons. The van der Waals surface area contributed by atoms with Crippen LogP contribution in [0.25, 0.3) is 0 Å². The van der Waals surface area contributed by atoms with Gasteiger partial charge in [0.2, 0.25) is 0 Å². The van der Waals surface area contributed by atoms with Gasteiger partial charge in [-0.2, -0.15) is 10.2 Å². The molecule has 23 heavy (non-hydrogen) atoms. The topological polar surface area (TPSA) is 100 Å². The van der Waals surface area contributed by atoms with Gasteiger partial charge in [0.15, 0.2) is 5.66 Å². The van der Waals surface area contributed by atoms with Crippen molar-refractivity contribution in [2.24, 2.45) is 10.2 Å². The van der Waals surface area contributed by atoms with E-state index < -0.39 is 17.5 Å². The quantitative estimate of drug-likeness (QED) is 0.717. The number of hydrogen-bond acceptors (Lipinski definition) is 5. The molecule has 7 heteroatoms. The molecule has 2 rings (SSSR count). The normalized spacial score (nSPS) is 13.9. The zero-order chi connectivity index (χ0) is 16.9. The lowest BCUT2D eigenvalue weighted by molar-refractivity contribution is 0.0693. The molecule has 1 aliphatic rings. The number of carbonyl (C=O) groups is 2. The summed E-state index contributed by atoms with van der Waals surface area (Å²) in [6.07, 6.45) is 7.02. The monoisotopic (exact) mass is 315 g/mol. The summed E-state index contributed by atoms with van der Waals surface area (Å²) < 4.78 is 5.07. The first-order valence-corrected chi connectivity index (χ1v) is 7.09. The lowest BCUT2D eigenvalue weighted by Crippen LogP contribution is -2.28. The minimum Gasteiger partial charge on any atom is -0.495 e. The van der Waals surface area contributed by atoms with E-state index in [0.717, 1.165) is 0 Å². The number of nitrogens with zero attached hydrogens (tertiary/aromatic N) is 2. The first-order valence-electron chi connectivity index (χ1n) is 7.09. The summed E-state index contributed by atoms with van der Waals surface area (Å²) in [7, 11) is 1.33. The van der Waals surface area contributed by atoms with Gasteiger partial charge in [0, 0.05) is 25.8 Å². The minimum atomic E-state index is -1.15. The van der Waals surface area contributed by atoms with E-state index in [0.29, 0.717) is 25.8 Å².